The van der Waals surface area contributed by atoms with Crippen LogP contribution in [0.5, 0.6) is 0 Å². The Morgan fingerprint density at radius 1 is 1.62 bits per heavy atom. The molecule has 4 heteroatoms. The number of nitrogens with zero attached hydrogens (tertiary/aromatic N) is 2. The van der Waals surface area contributed by atoms with E-state index in [0.29, 0.717) is 5.69 Å². The number of thioether (sulfide) groups is 1. The molecule has 1 aromatic heterocycles. The molecule has 0 fully saturated rings. The van der Waals surface area contributed by atoms with E-state index in [1.54, 1.807) is 18.0 Å². The van der Waals surface area contributed by atoms with E-state index >= 15 is 0 Å². The maximum absolute atomic E-state index is 8.87. The second kappa shape index (κ2) is 3.47. The summed E-state index contributed by atoms with van der Waals surface area (Å²) in [6, 6.07) is 0. The SMILES string of the molecule is C=C1CSc2ncc(CO)nc2C1. The lowest BCUT2D eigenvalue weighted by Gasteiger charge is -2.15. The summed E-state index contributed by atoms with van der Waals surface area (Å²) in [6.07, 6.45) is 2.42. The van der Waals surface area contributed by atoms with Crippen LogP contribution in [-0.2, 0) is 13.0 Å². The smallest absolute Gasteiger partial charge is 0.118 e. The zero-order valence-corrected chi connectivity index (χ0v) is 7.97. The van der Waals surface area contributed by atoms with Crippen molar-refractivity contribution < 1.29 is 5.11 Å². The molecule has 0 saturated carbocycles. The minimum absolute atomic E-state index is 0.0442. The average Bonchev–Trinajstić information content (AvgIpc) is 2.16. The summed E-state index contributed by atoms with van der Waals surface area (Å²) in [5.41, 5.74) is 2.75. The van der Waals surface area contributed by atoms with E-state index in [9.17, 15) is 0 Å². The molecule has 1 aliphatic rings. The Bertz CT molecular complexity index is 351. The third-order valence-corrected chi connectivity index (χ3v) is 3.02. The first kappa shape index (κ1) is 8.72. The minimum Gasteiger partial charge on any atom is -0.390 e. The van der Waals surface area contributed by atoms with Gasteiger partial charge in [0.05, 0.1) is 24.2 Å². The number of aliphatic hydroxyl groups is 1. The lowest BCUT2D eigenvalue weighted by molar-refractivity contribution is 0.275. The van der Waals surface area contributed by atoms with Gasteiger partial charge in [-0.15, -0.1) is 11.8 Å². The summed E-state index contributed by atoms with van der Waals surface area (Å²) in [5.74, 6) is 0.931. The summed E-state index contributed by atoms with van der Waals surface area (Å²) < 4.78 is 0. The molecule has 0 spiro atoms. The maximum Gasteiger partial charge on any atom is 0.118 e. The molecule has 13 heavy (non-hydrogen) atoms. The van der Waals surface area contributed by atoms with E-state index in [1.165, 1.54) is 5.57 Å². The first-order valence-electron chi connectivity index (χ1n) is 4.04. The van der Waals surface area contributed by atoms with Gasteiger partial charge in [0.15, 0.2) is 0 Å². The molecule has 68 valence electrons. The molecule has 0 radical (unpaired) electrons. The fourth-order valence-electron chi connectivity index (χ4n) is 1.23. The Labute approximate surface area is 80.9 Å². The quantitative estimate of drug-likeness (QED) is 0.682. The second-order valence-corrected chi connectivity index (χ2v) is 3.95. The van der Waals surface area contributed by atoms with Crippen LogP contribution in [0.25, 0.3) is 0 Å². The van der Waals surface area contributed by atoms with Gasteiger partial charge in [-0.1, -0.05) is 12.2 Å². The molecule has 0 aromatic carbocycles. The lowest BCUT2D eigenvalue weighted by atomic mass is 10.2. The van der Waals surface area contributed by atoms with Crippen molar-refractivity contribution >= 4 is 11.8 Å². The van der Waals surface area contributed by atoms with Crippen molar-refractivity contribution in [2.75, 3.05) is 5.75 Å². The van der Waals surface area contributed by atoms with E-state index < -0.39 is 0 Å². The van der Waals surface area contributed by atoms with E-state index in [-0.39, 0.29) is 6.61 Å². The molecule has 1 aromatic rings. The monoisotopic (exact) mass is 194 g/mol. The number of hydrogen-bond donors (Lipinski definition) is 1. The van der Waals surface area contributed by atoms with Gasteiger partial charge in [0.25, 0.3) is 0 Å². The van der Waals surface area contributed by atoms with Crippen LogP contribution in [-0.4, -0.2) is 20.8 Å². The number of fused-ring (bicyclic) bond motifs is 1. The molecule has 0 aliphatic carbocycles. The van der Waals surface area contributed by atoms with Crippen LogP contribution in [0.1, 0.15) is 11.4 Å². The zero-order chi connectivity index (χ0) is 9.26. The zero-order valence-electron chi connectivity index (χ0n) is 7.16. The highest BCUT2D eigenvalue weighted by Gasteiger charge is 2.15. The van der Waals surface area contributed by atoms with E-state index in [0.717, 1.165) is 22.9 Å². The summed E-state index contributed by atoms with van der Waals surface area (Å²) in [7, 11) is 0. The topological polar surface area (TPSA) is 46.0 Å². The van der Waals surface area contributed by atoms with Crippen LogP contribution in [0.3, 0.4) is 0 Å². The predicted octanol–water partition coefficient (Wildman–Crippen LogP) is 1.17. The van der Waals surface area contributed by atoms with Gasteiger partial charge in [0.1, 0.15) is 5.03 Å². The van der Waals surface area contributed by atoms with Crippen LogP contribution in [0.4, 0.5) is 0 Å². The Balaban J connectivity index is 2.38. The standard InChI is InChI=1S/C9H10N2OS/c1-6-2-8-9(13-5-6)10-3-7(4-12)11-8/h3,12H,1-2,4-5H2. The van der Waals surface area contributed by atoms with Crippen molar-refractivity contribution in [3.8, 4) is 0 Å². The summed E-state index contributed by atoms with van der Waals surface area (Å²) in [6.45, 7) is 3.87. The number of aliphatic hydroxyl groups excluding tert-OH is 1. The van der Waals surface area contributed by atoms with Crippen molar-refractivity contribution in [1.82, 2.24) is 9.97 Å². The molecule has 0 atom stereocenters. The lowest BCUT2D eigenvalue weighted by Crippen LogP contribution is -2.07. The second-order valence-electron chi connectivity index (χ2n) is 2.99. The van der Waals surface area contributed by atoms with E-state index in [2.05, 4.69) is 16.5 Å². The van der Waals surface area contributed by atoms with Gasteiger partial charge in [-0.2, -0.15) is 0 Å². The third-order valence-electron chi connectivity index (χ3n) is 1.85. The molecule has 0 unspecified atom stereocenters. The molecule has 3 nitrogen and oxygen atoms in total. The molecular formula is C9H10N2OS. The van der Waals surface area contributed by atoms with Gasteiger partial charge >= 0.3 is 0 Å². The van der Waals surface area contributed by atoms with Gasteiger partial charge in [-0.05, 0) is 0 Å². The molecular weight excluding hydrogens is 184 g/mol. The maximum atomic E-state index is 8.87. The largest absolute Gasteiger partial charge is 0.390 e. The van der Waals surface area contributed by atoms with Crippen LogP contribution < -0.4 is 0 Å². The van der Waals surface area contributed by atoms with Crippen LogP contribution in [0, 0.1) is 0 Å². The molecule has 2 heterocycles. The first-order chi connectivity index (χ1) is 6.29. The van der Waals surface area contributed by atoms with Crippen LogP contribution in [0.2, 0.25) is 0 Å². The van der Waals surface area contributed by atoms with Crippen molar-refractivity contribution in [3.63, 3.8) is 0 Å². The van der Waals surface area contributed by atoms with Crippen LogP contribution in [0.15, 0.2) is 23.4 Å². The third kappa shape index (κ3) is 1.73. The van der Waals surface area contributed by atoms with E-state index in [1.807, 2.05) is 0 Å². The van der Waals surface area contributed by atoms with E-state index in [4.69, 9.17) is 5.11 Å². The average molecular weight is 194 g/mol. The molecule has 0 saturated heterocycles. The van der Waals surface area contributed by atoms with Gasteiger partial charge in [0.2, 0.25) is 0 Å². The van der Waals surface area contributed by atoms with Gasteiger partial charge in [-0.3, -0.25) is 4.98 Å². The highest BCUT2D eigenvalue weighted by molar-refractivity contribution is 7.99. The first-order valence-corrected chi connectivity index (χ1v) is 5.03. The molecule has 1 aliphatic heterocycles. The minimum atomic E-state index is -0.0442. The highest BCUT2D eigenvalue weighted by atomic mass is 32.2. The molecule has 0 amide bonds. The Hall–Kier alpha value is -0.870. The fourth-order valence-corrected chi connectivity index (χ4v) is 2.08. The molecule has 0 bridgehead atoms. The van der Waals surface area contributed by atoms with Gasteiger partial charge in [0, 0.05) is 12.2 Å². The summed E-state index contributed by atoms with van der Waals surface area (Å²) in [5, 5.41) is 9.85. The Kier molecular flexibility index (Phi) is 2.33. The van der Waals surface area contributed by atoms with Gasteiger partial charge < -0.3 is 5.11 Å². The predicted molar refractivity (Wildman–Crippen MR) is 51.5 cm³/mol. The highest BCUT2D eigenvalue weighted by Crippen LogP contribution is 2.28. The number of rotatable bonds is 1. The van der Waals surface area contributed by atoms with Crippen LogP contribution >= 0.6 is 11.8 Å². The van der Waals surface area contributed by atoms with Crippen molar-refractivity contribution in [1.29, 1.82) is 0 Å². The van der Waals surface area contributed by atoms with Crippen molar-refractivity contribution in [2.45, 2.75) is 18.1 Å². The fraction of sp³-hybridized carbons (Fsp3) is 0.333. The summed E-state index contributed by atoms with van der Waals surface area (Å²) >= 11 is 1.66. The number of hydrogen-bond acceptors (Lipinski definition) is 4. The number of aromatic nitrogens is 2. The molecule has 1 N–H and O–H groups in total. The van der Waals surface area contributed by atoms with Crippen molar-refractivity contribution in [2.24, 2.45) is 0 Å². The Morgan fingerprint density at radius 3 is 3.23 bits per heavy atom. The summed E-state index contributed by atoms with van der Waals surface area (Å²) in [4.78, 5) is 8.51. The van der Waals surface area contributed by atoms with Gasteiger partial charge in [-0.25, -0.2) is 4.98 Å². The Morgan fingerprint density at radius 2 is 2.46 bits per heavy atom. The molecule has 2 rings (SSSR count). The normalized spacial score (nSPS) is 15.6. The van der Waals surface area contributed by atoms with Crippen molar-refractivity contribution in [3.05, 3.63) is 29.7 Å².